The molecule has 1 saturated heterocycles. The van der Waals surface area contributed by atoms with E-state index in [4.69, 9.17) is 4.52 Å². The van der Waals surface area contributed by atoms with Crippen molar-refractivity contribution < 1.29 is 19.2 Å². The molecule has 9 heteroatoms. The van der Waals surface area contributed by atoms with Crippen molar-refractivity contribution in [2.24, 2.45) is 5.92 Å². The van der Waals surface area contributed by atoms with Crippen LogP contribution in [0.4, 0.5) is 5.69 Å². The van der Waals surface area contributed by atoms with Crippen LogP contribution in [0.5, 0.6) is 5.75 Å². The molecule has 1 fully saturated rings. The summed E-state index contributed by atoms with van der Waals surface area (Å²) in [6.45, 7) is 0.430. The molecule has 1 atom stereocenters. The summed E-state index contributed by atoms with van der Waals surface area (Å²) in [7, 11) is 0. The van der Waals surface area contributed by atoms with E-state index in [2.05, 4.69) is 15.5 Å². The van der Waals surface area contributed by atoms with Crippen LogP contribution < -0.4 is 10.2 Å². The quantitative estimate of drug-likeness (QED) is 0.698. The number of phenols is 1. The largest absolute Gasteiger partial charge is 0.508 e. The molecule has 1 aromatic carbocycles. The second-order valence-corrected chi connectivity index (χ2v) is 7.08. The third-order valence-corrected chi connectivity index (χ3v) is 5.14. The van der Waals surface area contributed by atoms with Gasteiger partial charge in [0.1, 0.15) is 5.75 Å². The zero-order valence-corrected chi connectivity index (χ0v) is 15.0. The van der Waals surface area contributed by atoms with Crippen LogP contribution >= 0.6 is 11.3 Å². The lowest BCUT2D eigenvalue weighted by Gasteiger charge is -2.16. The number of phenolic OH excluding ortho intramolecular Hbond substituents is 1. The van der Waals surface area contributed by atoms with Gasteiger partial charge < -0.3 is 19.8 Å². The van der Waals surface area contributed by atoms with E-state index in [1.807, 2.05) is 17.5 Å². The second-order valence-electron chi connectivity index (χ2n) is 6.13. The van der Waals surface area contributed by atoms with Crippen LogP contribution in [0.25, 0.3) is 10.8 Å². The van der Waals surface area contributed by atoms with Crippen molar-refractivity contribution in [2.45, 2.75) is 13.0 Å². The van der Waals surface area contributed by atoms with E-state index < -0.39 is 5.92 Å². The van der Waals surface area contributed by atoms with Gasteiger partial charge in [-0.1, -0.05) is 11.2 Å². The Labute approximate surface area is 158 Å². The Morgan fingerprint density at radius 1 is 1.33 bits per heavy atom. The highest BCUT2D eigenvalue weighted by Crippen LogP contribution is 2.27. The number of aromatic hydroxyl groups is 1. The molecule has 2 amide bonds. The number of anilines is 1. The minimum atomic E-state index is -0.449. The summed E-state index contributed by atoms with van der Waals surface area (Å²) in [6.07, 6.45) is 0.138. The lowest BCUT2D eigenvalue weighted by molar-refractivity contribution is -0.126. The number of rotatable bonds is 5. The van der Waals surface area contributed by atoms with Crippen LogP contribution in [0, 0.1) is 5.92 Å². The maximum absolute atomic E-state index is 12.4. The highest BCUT2D eigenvalue weighted by atomic mass is 32.1. The smallest absolute Gasteiger partial charge is 0.268 e. The Morgan fingerprint density at radius 3 is 2.89 bits per heavy atom. The van der Waals surface area contributed by atoms with Gasteiger partial charge in [-0.3, -0.25) is 9.59 Å². The van der Waals surface area contributed by atoms with Gasteiger partial charge in [-0.15, -0.1) is 11.3 Å². The lowest BCUT2D eigenvalue weighted by atomic mass is 10.1. The van der Waals surface area contributed by atoms with Crippen molar-refractivity contribution in [3.05, 3.63) is 47.6 Å². The van der Waals surface area contributed by atoms with Gasteiger partial charge in [-0.05, 0) is 35.7 Å². The molecular weight excluding hydrogens is 368 g/mol. The van der Waals surface area contributed by atoms with Crippen molar-refractivity contribution in [3.63, 3.8) is 0 Å². The topological polar surface area (TPSA) is 109 Å². The highest BCUT2D eigenvalue weighted by molar-refractivity contribution is 7.13. The summed E-state index contributed by atoms with van der Waals surface area (Å²) in [5.74, 6) is 0.124. The van der Waals surface area contributed by atoms with E-state index in [9.17, 15) is 14.7 Å². The molecule has 0 saturated carbocycles. The van der Waals surface area contributed by atoms with Crippen LogP contribution in [0.3, 0.4) is 0 Å². The van der Waals surface area contributed by atoms with Crippen LogP contribution in [-0.2, 0) is 16.1 Å². The fourth-order valence-electron chi connectivity index (χ4n) is 2.90. The van der Waals surface area contributed by atoms with Crippen molar-refractivity contribution >= 4 is 28.8 Å². The van der Waals surface area contributed by atoms with Crippen molar-refractivity contribution in [1.29, 1.82) is 0 Å². The van der Waals surface area contributed by atoms with E-state index in [0.29, 0.717) is 23.9 Å². The summed E-state index contributed by atoms with van der Waals surface area (Å²) in [4.78, 5) is 31.3. The molecule has 27 heavy (non-hydrogen) atoms. The van der Waals surface area contributed by atoms with E-state index in [1.165, 1.54) is 23.5 Å². The van der Waals surface area contributed by atoms with Crippen LogP contribution in [-0.4, -0.2) is 33.6 Å². The third kappa shape index (κ3) is 3.68. The van der Waals surface area contributed by atoms with Gasteiger partial charge in [0.2, 0.25) is 11.8 Å². The molecule has 0 radical (unpaired) electrons. The normalized spacial score (nSPS) is 16.7. The first-order chi connectivity index (χ1) is 13.1. The maximum Gasteiger partial charge on any atom is 0.268 e. The molecule has 0 aliphatic carbocycles. The van der Waals surface area contributed by atoms with Gasteiger partial charge in [-0.25, -0.2) is 0 Å². The van der Waals surface area contributed by atoms with E-state index in [1.54, 1.807) is 17.0 Å². The number of amides is 2. The molecule has 1 aliphatic heterocycles. The van der Waals surface area contributed by atoms with E-state index in [0.717, 1.165) is 4.88 Å². The molecule has 3 heterocycles. The number of nitrogens with zero attached hydrogens (tertiary/aromatic N) is 3. The number of nitrogens with one attached hydrogen (secondary N) is 1. The van der Waals surface area contributed by atoms with Gasteiger partial charge in [-0.2, -0.15) is 4.98 Å². The molecule has 0 bridgehead atoms. The molecule has 4 rings (SSSR count). The molecule has 2 N–H and O–H groups in total. The van der Waals surface area contributed by atoms with Gasteiger partial charge in [0, 0.05) is 18.7 Å². The van der Waals surface area contributed by atoms with Crippen molar-refractivity contribution in [3.8, 4) is 16.5 Å². The molecule has 8 nitrogen and oxygen atoms in total. The maximum atomic E-state index is 12.4. The van der Waals surface area contributed by atoms with E-state index >= 15 is 0 Å². The zero-order chi connectivity index (χ0) is 18.8. The number of carbonyl (C=O) groups excluding carboxylic acids is 2. The Hall–Kier alpha value is -3.20. The van der Waals surface area contributed by atoms with Crippen LogP contribution in [0.2, 0.25) is 0 Å². The monoisotopic (exact) mass is 384 g/mol. The second kappa shape index (κ2) is 7.20. The SMILES string of the molecule is O=C(NCc1noc(-c2cccs2)n1)C1CC(=O)N(c2ccc(O)cc2)C1. The molecule has 2 aromatic heterocycles. The summed E-state index contributed by atoms with van der Waals surface area (Å²) < 4.78 is 5.18. The number of hydrogen-bond acceptors (Lipinski definition) is 7. The summed E-state index contributed by atoms with van der Waals surface area (Å²) in [5, 5.41) is 17.9. The molecular formula is C18H16N4O4S. The molecule has 0 spiro atoms. The number of hydrogen-bond donors (Lipinski definition) is 2. The van der Waals surface area contributed by atoms with Crippen molar-refractivity contribution in [1.82, 2.24) is 15.5 Å². The first-order valence-electron chi connectivity index (χ1n) is 8.34. The van der Waals surface area contributed by atoms with Crippen LogP contribution in [0.1, 0.15) is 12.2 Å². The van der Waals surface area contributed by atoms with Gasteiger partial charge >= 0.3 is 0 Å². The predicted octanol–water partition coefficient (Wildman–Crippen LogP) is 2.17. The van der Waals surface area contributed by atoms with E-state index in [-0.39, 0.29) is 30.5 Å². The average molecular weight is 384 g/mol. The minimum absolute atomic E-state index is 0.125. The molecule has 138 valence electrons. The van der Waals surface area contributed by atoms with Crippen LogP contribution in [0.15, 0.2) is 46.3 Å². The van der Waals surface area contributed by atoms with Gasteiger partial charge in [0.25, 0.3) is 5.89 Å². The van der Waals surface area contributed by atoms with Gasteiger partial charge in [0.15, 0.2) is 5.82 Å². The summed E-state index contributed by atoms with van der Waals surface area (Å²) >= 11 is 1.49. The Morgan fingerprint density at radius 2 is 2.15 bits per heavy atom. The minimum Gasteiger partial charge on any atom is -0.508 e. The first kappa shape index (κ1) is 17.2. The fourth-order valence-corrected chi connectivity index (χ4v) is 3.55. The number of thiophene rings is 1. The fraction of sp³-hybridized carbons (Fsp3) is 0.222. The molecule has 1 aliphatic rings. The Balaban J connectivity index is 1.35. The first-order valence-corrected chi connectivity index (χ1v) is 9.21. The van der Waals surface area contributed by atoms with Crippen molar-refractivity contribution in [2.75, 3.05) is 11.4 Å². The van der Waals surface area contributed by atoms with Gasteiger partial charge in [0.05, 0.1) is 17.3 Å². The number of aromatic nitrogens is 2. The number of benzene rings is 1. The lowest BCUT2D eigenvalue weighted by Crippen LogP contribution is -2.32. The molecule has 1 unspecified atom stereocenters. The summed E-state index contributed by atoms with van der Waals surface area (Å²) in [6, 6.07) is 10.1. The number of carbonyl (C=O) groups is 2. The predicted molar refractivity (Wildman–Crippen MR) is 98.0 cm³/mol. The average Bonchev–Trinajstić information content (AvgIpc) is 3.41. The Kier molecular flexibility index (Phi) is 4.59. The summed E-state index contributed by atoms with van der Waals surface area (Å²) in [5.41, 5.74) is 0.659. The Bertz CT molecular complexity index is 952. The standard InChI is InChI=1S/C18H16N4O4S/c23-13-5-3-12(4-6-13)22-10-11(8-16(22)24)17(25)19-9-15-20-18(26-21-15)14-2-1-7-27-14/h1-7,11,23H,8-10H2,(H,19,25). The molecule has 3 aromatic rings. The highest BCUT2D eigenvalue weighted by Gasteiger charge is 2.35. The zero-order valence-electron chi connectivity index (χ0n) is 14.2. The third-order valence-electron chi connectivity index (χ3n) is 4.28.